The fourth-order valence-corrected chi connectivity index (χ4v) is 5.09. The van der Waals surface area contributed by atoms with Crippen LogP contribution in [0.1, 0.15) is 42.5 Å². The molecule has 1 saturated heterocycles. The lowest BCUT2D eigenvalue weighted by molar-refractivity contribution is 0.102. The van der Waals surface area contributed by atoms with Crippen LogP contribution in [-0.2, 0) is 20.6 Å². The summed E-state index contributed by atoms with van der Waals surface area (Å²) in [4.78, 5) is 32.1. The summed E-state index contributed by atoms with van der Waals surface area (Å²) >= 11 is 0. The maximum Gasteiger partial charge on any atom is 0.330 e. The van der Waals surface area contributed by atoms with Crippen LogP contribution in [0.3, 0.4) is 0 Å². The average molecular weight is 407 g/mol. The molecular weight excluding hydrogens is 382 g/mol. The second kappa shape index (κ2) is 7.05. The first kappa shape index (κ1) is 19.0. The van der Waals surface area contributed by atoms with Gasteiger partial charge >= 0.3 is 5.69 Å². The fraction of sp³-hybridized carbons (Fsp3) is 0.455. The molecule has 8 nitrogen and oxygen atoms in total. The maximum atomic E-state index is 12.9. The van der Waals surface area contributed by atoms with E-state index in [1.807, 2.05) is 37.3 Å². The maximum absolute atomic E-state index is 12.9. The van der Waals surface area contributed by atoms with Crippen LogP contribution >= 0.6 is 0 Å². The number of hydrogen-bond donors (Lipinski definition) is 0. The summed E-state index contributed by atoms with van der Waals surface area (Å²) in [6.07, 6.45) is 3.30. The first-order chi connectivity index (χ1) is 14.5. The Kier molecular flexibility index (Phi) is 4.47. The third-order valence-electron chi connectivity index (χ3n) is 6.86. The molecule has 1 aliphatic heterocycles. The second-order valence-corrected chi connectivity index (χ2v) is 8.44. The Morgan fingerprint density at radius 1 is 1.10 bits per heavy atom. The number of benzene rings is 1. The van der Waals surface area contributed by atoms with Gasteiger partial charge in [-0.3, -0.25) is 14.3 Å². The van der Waals surface area contributed by atoms with E-state index in [1.54, 1.807) is 11.6 Å². The van der Waals surface area contributed by atoms with Gasteiger partial charge in [-0.2, -0.15) is 4.98 Å². The molecule has 0 N–H and O–H groups in total. The van der Waals surface area contributed by atoms with Gasteiger partial charge in [0.25, 0.3) is 5.56 Å². The number of nitrogens with zero attached hydrogens (tertiary/aromatic N) is 5. The number of piperidine rings is 1. The van der Waals surface area contributed by atoms with E-state index < -0.39 is 0 Å². The normalized spacial score (nSPS) is 23.4. The zero-order valence-electron chi connectivity index (χ0n) is 17.4. The summed E-state index contributed by atoms with van der Waals surface area (Å²) in [6, 6.07) is 10.2. The van der Waals surface area contributed by atoms with Gasteiger partial charge in [-0.25, -0.2) is 4.79 Å². The topological polar surface area (TPSA) is 86.2 Å². The van der Waals surface area contributed by atoms with Gasteiger partial charge in [0.2, 0.25) is 11.7 Å². The van der Waals surface area contributed by atoms with Crippen molar-refractivity contribution in [3.63, 3.8) is 0 Å². The molecule has 1 saturated carbocycles. The van der Waals surface area contributed by atoms with Crippen molar-refractivity contribution in [2.24, 2.45) is 20.0 Å². The van der Waals surface area contributed by atoms with Crippen molar-refractivity contribution < 1.29 is 4.52 Å². The van der Waals surface area contributed by atoms with Crippen LogP contribution in [0.25, 0.3) is 11.4 Å². The number of rotatable bonds is 4. The zero-order valence-corrected chi connectivity index (χ0v) is 17.4. The van der Waals surface area contributed by atoms with Gasteiger partial charge in [0.15, 0.2) is 0 Å². The van der Waals surface area contributed by atoms with Gasteiger partial charge in [-0.15, -0.1) is 0 Å². The van der Waals surface area contributed by atoms with Crippen LogP contribution in [0.5, 0.6) is 0 Å². The van der Waals surface area contributed by atoms with E-state index in [2.05, 4.69) is 10.1 Å². The van der Waals surface area contributed by atoms with Gasteiger partial charge in [0, 0.05) is 37.9 Å². The van der Waals surface area contributed by atoms with Gasteiger partial charge < -0.3 is 9.09 Å². The highest BCUT2D eigenvalue weighted by Gasteiger charge is 2.49. The highest BCUT2D eigenvalue weighted by Crippen LogP contribution is 2.50. The average Bonchev–Trinajstić information content (AvgIpc) is 3.51. The predicted octanol–water partition coefficient (Wildman–Crippen LogP) is 2.17. The monoisotopic (exact) mass is 407 g/mol. The minimum Gasteiger partial charge on any atom is -0.337 e. The van der Waals surface area contributed by atoms with Crippen molar-refractivity contribution in [3.05, 3.63) is 68.3 Å². The van der Waals surface area contributed by atoms with Gasteiger partial charge in [0.1, 0.15) is 0 Å². The van der Waals surface area contributed by atoms with Crippen molar-refractivity contribution in [3.8, 4) is 11.4 Å². The molecule has 30 heavy (non-hydrogen) atoms. The van der Waals surface area contributed by atoms with Gasteiger partial charge in [0.05, 0.1) is 11.6 Å². The quantitative estimate of drug-likeness (QED) is 0.659. The molecule has 2 aromatic heterocycles. The molecule has 0 unspecified atom stereocenters. The molecule has 0 spiro atoms. The molecule has 1 aromatic carbocycles. The van der Waals surface area contributed by atoms with Crippen LogP contribution in [0.2, 0.25) is 0 Å². The van der Waals surface area contributed by atoms with Crippen molar-refractivity contribution in [2.45, 2.75) is 44.8 Å². The standard InChI is InChI=1S/C22H25N5O3/c1-13-17(21(28)26(3)22(29)25(13)2)12-27-16-10-9-15(11-16)18(27)20-23-19(24-30-20)14-7-5-4-6-8-14/h4-8,15-16,18H,9-12H2,1-3H3/t15-,16-,18-/m0/s1. The molecule has 156 valence electrons. The first-order valence-electron chi connectivity index (χ1n) is 10.4. The van der Waals surface area contributed by atoms with Crippen LogP contribution in [-0.4, -0.2) is 30.2 Å². The molecule has 5 rings (SSSR count). The molecule has 0 amide bonds. The molecule has 2 fully saturated rings. The van der Waals surface area contributed by atoms with Crippen molar-refractivity contribution >= 4 is 0 Å². The Labute approximate surface area is 173 Å². The molecule has 1 aliphatic carbocycles. The van der Waals surface area contributed by atoms with Crippen LogP contribution < -0.4 is 11.2 Å². The van der Waals surface area contributed by atoms with Crippen molar-refractivity contribution in [1.82, 2.24) is 24.2 Å². The molecular formula is C22H25N5O3. The summed E-state index contributed by atoms with van der Waals surface area (Å²) in [5.41, 5.74) is 1.75. The molecule has 3 heterocycles. The summed E-state index contributed by atoms with van der Waals surface area (Å²) < 4.78 is 8.44. The third-order valence-corrected chi connectivity index (χ3v) is 6.86. The number of aromatic nitrogens is 4. The smallest absolute Gasteiger partial charge is 0.330 e. The number of hydrogen-bond acceptors (Lipinski definition) is 6. The molecule has 3 atom stereocenters. The summed E-state index contributed by atoms with van der Waals surface area (Å²) in [7, 11) is 3.24. The Hall–Kier alpha value is -3.00. The molecule has 2 bridgehead atoms. The Morgan fingerprint density at radius 3 is 2.63 bits per heavy atom. The molecule has 8 heteroatoms. The Morgan fingerprint density at radius 2 is 1.87 bits per heavy atom. The molecule has 2 aliphatic rings. The highest BCUT2D eigenvalue weighted by molar-refractivity contribution is 5.53. The van der Waals surface area contributed by atoms with Gasteiger partial charge in [-0.1, -0.05) is 35.5 Å². The van der Waals surface area contributed by atoms with Crippen molar-refractivity contribution in [1.29, 1.82) is 0 Å². The van der Waals surface area contributed by atoms with Crippen LogP contribution in [0.4, 0.5) is 0 Å². The fourth-order valence-electron chi connectivity index (χ4n) is 5.09. The lowest BCUT2D eigenvalue weighted by atomic mass is 9.98. The van der Waals surface area contributed by atoms with E-state index in [0.29, 0.717) is 41.5 Å². The predicted molar refractivity (Wildman–Crippen MR) is 111 cm³/mol. The molecule has 0 radical (unpaired) electrons. The number of likely N-dealkylation sites (tertiary alicyclic amines) is 1. The minimum absolute atomic E-state index is 0.00458. The van der Waals surface area contributed by atoms with E-state index in [-0.39, 0.29) is 17.3 Å². The van der Waals surface area contributed by atoms with Crippen LogP contribution in [0, 0.1) is 12.8 Å². The summed E-state index contributed by atoms with van der Waals surface area (Å²) in [6.45, 7) is 2.31. The lowest BCUT2D eigenvalue weighted by Crippen LogP contribution is -2.43. The van der Waals surface area contributed by atoms with E-state index >= 15 is 0 Å². The molecule has 3 aromatic rings. The first-order valence-corrected chi connectivity index (χ1v) is 10.4. The van der Waals surface area contributed by atoms with Crippen LogP contribution in [0.15, 0.2) is 44.4 Å². The highest BCUT2D eigenvalue weighted by atomic mass is 16.5. The second-order valence-electron chi connectivity index (χ2n) is 8.44. The SMILES string of the molecule is Cc1c(CN2[C@H]3CC[C@@H](C3)[C@H]2c2nc(-c3ccccc3)no2)c(=O)n(C)c(=O)n1C. The van der Waals surface area contributed by atoms with Gasteiger partial charge in [-0.05, 0) is 32.1 Å². The zero-order chi connectivity index (χ0) is 21.0. The number of fused-ring (bicyclic) bond motifs is 2. The Bertz CT molecular complexity index is 1210. The Balaban J connectivity index is 1.51. The summed E-state index contributed by atoms with van der Waals surface area (Å²) in [5, 5.41) is 4.21. The van der Waals surface area contributed by atoms with E-state index in [4.69, 9.17) is 9.51 Å². The summed E-state index contributed by atoms with van der Waals surface area (Å²) in [5.74, 6) is 1.64. The third kappa shape index (κ3) is 2.86. The lowest BCUT2D eigenvalue weighted by Gasteiger charge is -2.33. The van der Waals surface area contributed by atoms with Crippen molar-refractivity contribution in [2.75, 3.05) is 0 Å². The van der Waals surface area contributed by atoms with E-state index in [1.165, 1.54) is 11.6 Å². The minimum atomic E-state index is -0.301. The van der Waals surface area contributed by atoms with E-state index in [9.17, 15) is 9.59 Å². The van der Waals surface area contributed by atoms with E-state index in [0.717, 1.165) is 24.8 Å². The largest absolute Gasteiger partial charge is 0.337 e.